The standard InChI is InChI=1S/C21H22N6/c1-2-8-17-15(5-1)6-3-9-18(17)25-19-13-20(24-16-7-4-10-22-14-16)26-27-12-11-23-21(19)27/h1-3,5-6,8-9,11-13,16,22,25H,4,7,10,14H2,(H,24,26)/t16-/m0/s1. The minimum atomic E-state index is 0.401. The van der Waals surface area contributed by atoms with E-state index >= 15 is 0 Å². The number of piperidine rings is 1. The third-order valence-corrected chi connectivity index (χ3v) is 5.07. The lowest BCUT2D eigenvalue weighted by molar-refractivity contribution is 0.478. The van der Waals surface area contributed by atoms with Gasteiger partial charge in [-0.05, 0) is 30.8 Å². The van der Waals surface area contributed by atoms with Gasteiger partial charge in [-0.15, -0.1) is 5.10 Å². The highest BCUT2D eigenvalue weighted by Crippen LogP contribution is 2.29. The van der Waals surface area contributed by atoms with E-state index in [4.69, 9.17) is 0 Å². The van der Waals surface area contributed by atoms with Gasteiger partial charge in [0.15, 0.2) is 5.65 Å². The Morgan fingerprint density at radius 3 is 2.93 bits per heavy atom. The average molecular weight is 358 g/mol. The summed E-state index contributed by atoms with van der Waals surface area (Å²) < 4.78 is 1.83. The highest BCUT2D eigenvalue weighted by molar-refractivity contribution is 5.96. The number of hydrogen-bond acceptors (Lipinski definition) is 5. The van der Waals surface area contributed by atoms with Crippen LogP contribution in [0.1, 0.15) is 12.8 Å². The summed E-state index contributed by atoms with van der Waals surface area (Å²) in [5.74, 6) is 0.858. The minimum absolute atomic E-state index is 0.401. The van der Waals surface area contributed by atoms with Gasteiger partial charge in [0.25, 0.3) is 0 Å². The summed E-state index contributed by atoms with van der Waals surface area (Å²) in [5, 5.41) is 17.6. The number of hydrogen-bond donors (Lipinski definition) is 3. The molecule has 1 atom stereocenters. The van der Waals surface area contributed by atoms with Crippen LogP contribution in [-0.2, 0) is 0 Å². The van der Waals surface area contributed by atoms with Crippen molar-refractivity contribution in [2.45, 2.75) is 18.9 Å². The molecular formula is C21H22N6. The Bertz CT molecular complexity index is 1080. The number of nitrogens with one attached hydrogen (secondary N) is 3. The van der Waals surface area contributed by atoms with E-state index in [0.717, 1.165) is 42.4 Å². The van der Waals surface area contributed by atoms with E-state index in [1.165, 1.54) is 17.2 Å². The fraction of sp³-hybridized carbons (Fsp3) is 0.238. The summed E-state index contributed by atoms with van der Waals surface area (Å²) in [6.45, 7) is 2.07. The van der Waals surface area contributed by atoms with Crippen molar-refractivity contribution in [2.24, 2.45) is 0 Å². The second kappa shape index (κ2) is 6.89. The van der Waals surface area contributed by atoms with Crippen LogP contribution in [0.4, 0.5) is 17.2 Å². The molecular weight excluding hydrogens is 336 g/mol. The number of aromatic nitrogens is 3. The molecule has 0 spiro atoms. The summed E-state index contributed by atoms with van der Waals surface area (Å²) in [6, 6.07) is 17.1. The molecule has 0 amide bonds. The fourth-order valence-corrected chi connectivity index (χ4v) is 3.74. The Balaban J connectivity index is 1.52. The predicted molar refractivity (Wildman–Crippen MR) is 110 cm³/mol. The summed E-state index contributed by atoms with van der Waals surface area (Å²) in [4.78, 5) is 4.48. The van der Waals surface area contributed by atoms with Gasteiger partial charge < -0.3 is 16.0 Å². The number of rotatable bonds is 4. The van der Waals surface area contributed by atoms with Crippen LogP contribution in [0.25, 0.3) is 16.4 Å². The molecule has 1 aliphatic rings. The molecule has 0 radical (unpaired) electrons. The monoisotopic (exact) mass is 358 g/mol. The van der Waals surface area contributed by atoms with Gasteiger partial charge in [-0.2, -0.15) is 0 Å². The van der Waals surface area contributed by atoms with Crippen molar-refractivity contribution in [3.63, 3.8) is 0 Å². The Morgan fingerprint density at radius 1 is 1.07 bits per heavy atom. The molecule has 6 heteroatoms. The smallest absolute Gasteiger partial charge is 0.177 e. The van der Waals surface area contributed by atoms with Gasteiger partial charge in [0.05, 0.1) is 5.69 Å². The summed E-state index contributed by atoms with van der Waals surface area (Å²) in [7, 11) is 0. The van der Waals surface area contributed by atoms with Crippen LogP contribution in [-0.4, -0.2) is 33.7 Å². The number of anilines is 3. The highest BCUT2D eigenvalue weighted by atomic mass is 15.3. The van der Waals surface area contributed by atoms with Gasteiger partial charge in [0, 0.05) is 42.1 Å². The van der Waals surface area contributed by atoms with E-state index in [2.05, 4.69) is 74.6 Å². The molecule has 0 saturated carbocycles. The van der Waals surface area contributed by atoms with Crippen molar-refractivity contribution in [1.82, 2.24) is 19.9 Å². The lowest BCUT2D eigenvalue weighted by atomic mass is 10.1. The maximum atomic E-state index is 4.67. The second-order valence-electron chi connectivity index (χ2n) is 6.98. The van der Waals surface area contributed by atoms with E-state index < -0.39 is 0 Å². The van der Waals surface area contributed by atoms with Gasteiger partial charge in [-0.1, -0.05) is 36.4 Å². The SMILES string of the molecule is c1ccc2c(Nc3cc(N[C@H]4CCCNC4)nn4ccnc34)cccc2c1. The summed E-state index contributed by atoms with van der Waals surface area (Å²) >= 11 is 0. The van der Waals surface area contributed by atoms with E-state index in [1.54, 1.807) is 6.20 Å². The van der Waals surface area contributed by atoms with Crippen molar-refractivity contribution in [3.05, 3.63) is 60.9 Å². The Hall–Kier alpha value is -3.12. The normalized spacial score (nSPS) is 17.3. The van der Waals surface area contributed by atoms with Gasteiger partial charge >= 0.3 is 0 Å². The molecule has 1 saturated heterocycles. The van der Waals surface area contributed by atoms with Crippen LogP contribution < -0.4 is 16.0 Å². The maximum Gasteiger partial charge on any atom is 0.177 e. The Labute approximate surface area is 157 Å². The molecule has 3 heterocycles. The first kappa shape index (κ1) is 16.1. The van der Waals surface area contributed by atoms with Gasteiger partial charge in [0.1, 0.15) is 5.82 Å². The number of benzene rings is 2. The predicted octanol–water partition coefficient (Wildman–Crippen LogP) is 3.79. The van der Waals surface area contributed by atoms with Crippen molar-refractivity contribution in [1.29, 1.82) is 0 Å². The zero-order chi connectivity index (χ0) is 18.1. The van der Waals surface area contributed by atoms with Crippen LogP contribution in [0.3, 0.4) is 0 Å². The quantitative estimate of drug-likeness (QED) is 0.518. The first-order chi connectivity index (χ1) is 13.4. The average Bonchev–Trinajstić information content (AvgIpc) is 3.18. The largest absolute Gasteiger partial charge is 0.365 e. The van der Waals surface area contributed by atoms with E-state index in [9.17, 15) is 0 Å². The van der Waals surface area contributed by atoms with Crippen molar-refractivity contribution in [3.8, 4) is 0 Å². The first-order valence-corrected chi connectivity index (χ1v) is 9.43. The maximum absolute atomic E-state index is 4.67. The highest BCUT2D eigenvalue weighted by Gasteiger charge is 2.15. The molecule has 1 aliphatic heterocycles. The third kappa shape index (κ3) is 3.19. The summed E-state index contributed by atoms with van der Waals surface area (Å²) in [6.07, 6.45) is 6.01. The lowest BCUT2D eigenvalue weighted by Gasteiger charge is -2.24. The van der Waals surface area contributed by atoms with Crippen LogP contribution in [0.15, 0.2) is 60.9 Å². The molecule has 136 valence electrons. The molecule has 0 bridgehead atoms. The van der Waals surface area contributed by atoms with Crippen molar-refractivity contribution < 1.29 is 0 Å². The molecule has 2 aromatic heterocycles. The van der Waals surface area contributed by atoms with Gasteiger partial charge in [0.2, 0.25) is 0 Å². The van der Waals surface area contributed by atoms with Gasteiger partial charge in [-0.3, -0.25) is 0 Å². The van der Waals surface area contributed by atoms with Crippen LogP contribution in [0.2, 0.25) is 0 Å². The zero-order valence-electron chi connectivity index (χ0n) is 15.0. The Morgan fingerprint density at radius 2 is 2.00 bits per heavy atom. The van der Waals surface area contributed by atoms with Crippen LogP contribution in [0, 0.1) is 0 Å². The molecule has 1 fully saturated rings. The van der Waals surface area contributed by atoms with Gasteiger partial charge in [-0.25, -0.2) is 9.50 Å². The molecule has 4 aromatic rings. The second-order valence-corrected chi connectivity index (χ2v) is 6.98. The van der Waals surface area contributed by atoms with E-state index in [0.29, 0.717) is 6.04 Å². The molecule has 27 heavy (non-hydrogen) atoms. The molecule has 3 N–H and O–H groups in total. The fourth-order valence-electron chi connectivity index (χ4n) is 3.74. The third-order valence-electron chi connectivity index (χ3n) is 5.07. The molecule has 5 rings (SSSR count). The van der Waals surface area contributed by atoms with E-state index in [-0.39, 0.29) is 0 Å². The number of imidazole rings is 1. The van der Waals surface area contributed by atoms with Crippen LogP contribution >= 0.6 is 0 Å². The number of nitrogens with zero attached hydrogens (tertiary/aromatic N) is 3. The van der Waals surface area contributed by atoms with Crippen molar-refractivity contribution in [2.75, 3.05) is 23.7 Å². The minimum Gasteiger partial charge on any atom is -0.365 e. The molecule has 0 aliphatic carbocycles. The van der Waals surface area contributed by atoms with E-state index in [1.807, 2.05) is 10.7 Å². The molecule has 6 nitrogen and oxygen atoms in total. The summed E-state index contributed by atoms with van der Waals surface area (Å²) in [5.41, 5.74) is 2.82. The van der Waals surface area contributed by atoms with Crippen LogP contribution in [0.5, 0.6) is 0 Å². The zero-order valence-corrected chi connectivity index (χ0v) is 15.0. The topological polar surface area (TPSA) is 66.3 Å². The Kier molecular flexibility index (Phi) is 4.10. The lowest BCUT2D eigenvalue weighted by Crippen LogP contribution is -2.38. The molecule has 0 unspecified atom stereocenters. The first-order valence-electron chi connectivity index (χ1n) is 9.43. The number of fused-ring (bicyclic) bond motifs is 2. The van der Waals surface area contributed by atoms with Crippen molar-refractivity contribution >= 4 is 33.6 Å². The molecule has 2 aromatic carbocycles.